The van der Waals surface area contributed by atoms with Crippen LogP contribution in [0.2, 0.25) is 0 Å². The summed E-state index contributed by atoms with van der Waals surface area (Å²) in [6.45, 7) is 0. The third-order valence-electron chi connectivity index (χ3n) is 4.05. The molecule has 0 radical (unpaired) electrons. The van der Waals surface area contributed by atoms with Crippen LogP contribution in [0.25, 0.3) is 22.8 Å². The summed E-state index contributed by atoms with van der Waals surface area (Å²) in [4.78, 5) is 4.39. The molecular formula is C21H12BrF3N2O2. The number of nitrogens with zero attached hydrogens (tertiary/aromatic N) is 2. The third kappa shape index (κ3) is 4.48. The molecule has 0 aliphatic carbocycles. The van der Waals surface area contributed by atoms with Crippen LogP contribution in [0.15, 0.2) is 81.8 Å². The lowest BCUT2D eigenvalue weighted by Crippen LogP contribution is -2.03. The van der Waals surface area contributed by atoms with Gasteiger partial charge in [-0.15, -0.1) is 0 Å². The van der Waals surface area contributed by atoms with Gasteiger partial charge < -0.3 is 9.26 Å². The summed E-state index contributed by atoms with van der Waals surface area (Å²) in [5.74, 6) is 1.61. The first-order chi connectivity index (χ1) is 13.9. The van der Waals surface area contributed by atoms with Crippen molar-refractivity contribution in [1.29, 1.82) is 0 Å². The highest BCUT2D eigenvalue weighted by Crippen LogP contribution is 2.32. The standard InChI is InChI=1S/C21H12BrF3N2O2/c22-16-7-1-14(2-8-16)20-26-19(27-29-20)13-3-9-17(10-4-13)28-18-11-5-15(6-12-18)21(23,24)25/h1-12H. The largest absolute Gasteiger partial charge is 0.457 e. The molecule has 3 aromatic carbocycles. The van der Waals surface area contributed by atoms with Gasteiger partial charge in [-0.05, 0) is 72.8 Å². The molecule has 0 saturated carbocycles. The number of benzene rings is 3. The van der Waals surface area contributed by atoms with E-state index >= 15 is 0 Å². The first-order valence-electron chi connectivity index (χ1n) is 8.44. The fourth-order valence-corrected chi connectivity index (χ4v) is 2.83. The Morgan fingerprint density at radius 3 is 1.90 bits per heavy atom. The average Bonchev–Trinajstić information content (AvgIpc) is 3.19. The fourth-order valence-electron chi connectivity index (χ4n) is 2.57. The number of hydrogen-bond acceptors (Lipinski definition) is 4. The van der Waals surface area contributed by atoms with E-state index in [-0.39, 0.29) is 0 Å². The smallest absolute Gasteiger partial charge is 0.416 e. The molecule has 4 aromatic rings. The summed E-state index contributed by atoms with van der Waals surface area (Å²) in [7, 11) is 0. The number of halogens is 4. The third-order valence-corrected chi connectivity index (χ3v) is 4.58. The average molecular weight is 461 g/mol. The second-order valence-corrected chi connectivity index (χ2v) is 6.99. The monoisotopic (exact) mass is 460 g/mol. The summed E-state index contributed by atoms with van der Waals surface area (Å²) < 4.78 is 49.7. The van der Waals surface area contributed by atoms with Crippen LogP contribution >= 0.6 is 15.9 Å². The van der Waals surface area contributed by atoms with E-state index in [2.05, 4.69) is 26.1 Å². The molecule has 0 aliphatic heterocycles. The van der Waals surface area contributed by atoms with Gasteiger partial charge >= 0.3 is 6.18 Å². The Morgan fingerprint density at radius 1 is 0.759 bits per heavy atom. The molecule has 29 heavy (non-hydrogen) atoms. The first-order valence-corrected chi connectivity index (χ1v) is 9.23. The van der Waals surface area contributed by atoms with E-state index < -0.39 is 11.7 Å². The Labute approximate surface area is 172 Å². The molecule has 0 N–H and O–H groups in total. The van der Waals surface area contributed by atoms with E-state index in [4.69, 9.17) is 9.26 Å². The first kappa shape index (κ1) is 19.2. The zero-order valence-corrected chi connectivity index (χ0v) is 16.2. The maximum atomic E-state index is 12.6. The van der Waals surface area contributed by atoms with Gasteiger partial charge in [0.2, 0.25) is 5.82 Å². The van der Waals surface area contributed by atoms with Gasteiger partial charge in [0.25, 0.3) is 5.89 Å². The van der Waals surface area contributed by atoms with E-state index in [1.807, 2.05) is 24.3 Å². The molecule has 0 aliphatic rings. The van der Waals surface area contributed by atoms with Crippen molar-refractivity contribution in [3.63, 3.8) is 0 Å². The minimum Gasteiger partial charge on any atom is -0.457 e. The molecule has 0 atom stereocenters. The van der Waals surface area contributed by atoms with Crippen LogP contribution in [-0.2, 0) is 6.18 Å². The predicted molar refractivity (Wildman–Crippen MR) is 104 cm³/mol. The number of hydrogen-bond donors (Lipinski definition) is 0. The number of alkyl halides is 3. The van der Waals surface area contributed by atoms with Crippen LogP contribution in [-0.4, -0.2) is 10.1 Å². The summed E-state index contributed by atoms with van der Waals surface area (Å²) in [5.41, 5.74) is 0.796. The maximum absolute atomic E-state index is 12.6. The second kappa shape index (κ2) is 7.71. The second-order valence-electron chi connectivity index (χ2n) is 6.08. The number of ether oxygens (including phenoxy) is 1. The molecule has 4 rings (SSSR count). The van der Waals surface area contributed by atoms with Crippen LogP contribution in [0, 0.1) is 0 Å². The Balaban J connectivity index is 1.47. The Kier molecular flexibility index (Phi) is 5.10. The van der Waals surface area contributed by atoms with Gasteiger partial charge in [-0.3, -0.25) is 0 Å². The fraction of sp³-hybridized carbons (Fsp3) is 0.0476. The lowest BCUT2D eigenvalue weighted by Gasteiger charge is -2.09. The summed E-state index contributed by atoms with van der Waals surface area (Å²) in [5, 5.41) is 3.99. The van der Waals surface area contributed by atoms with Gasteiger partial charge in [0.15, 0.2) is 0 Å². The van der Waals surface area contributed by atoms with E-state index in [1.165, 1.54) is 12.1 Å². The molecule has 1 heterocycles. The minimum absolute atomic E-state index is 0.308. The molecular weight excluding hydrogens is 449 g/mol. The van der Waals surface area contributed by atoms with E-state index in [0.29, 0.717) is 23.2 Å². The number of rotatable bonds is 4. The normalized spacial score (nSPS) is 11.4. The quantitative estimate of drug-likeness (QED) is 0.329. The predicted octanol–water partition coefficient (Wildman–Crippen LogP) is 6.98. The van der Waals surface area contributed by atoms with Gasteiger partial charge in [0, 0.05) is 15.6 Å². The zero-order chi connectivity index (χ0) is 20.4. The summed E-state index contributed by atoms with van der Waals surface area (Å²) in [6, 6.07) is 18.9. The molecule has 1 aromatic heterocycles. The molecule has 0 fully saturated rings. The van der Waals surface area contributed by atoms with Gasteiger partial charge in [0.1, 0.15) is 11.5 Å². The maximum Gasteiger partial charge on any atom is 0.416 e. The molecule has 0 amide bonds. The van der Waals surface area contributed by atoms with E-state index in [0.717, 1.165) is 27.7 Å². The molecule has 0 bridgehead atoms. The van der Waals surface area contributed by atoms with Crippen molar-refractivity contribution < 1.29 is 22.4 Å². The van der Waals surface area contributed by atoms with Crippen LogP contribution in [0.3, 0.4) is 0 Å². The van der Waals surface area contributed by atoms with Crippen molar-refractivity contribution in [3.05, 3.63) is 82.8 Å². The lowest BCUT2D eigenvalue weighted by atomic mass is 10.2. The van der Waals surface area contributed by atoms with Crippen LogP contribution in [0.1, 0.15) is 5.56 Å². The van der Waals surface area contributed by atoms with Crippen molar-refractivity contribution in [1.82, 2.24) is 10.1 Å². The van der Waals surface area contributed by atoms with Crippen LogP contribution in [0.4, 0.5) is 13.2 Å². The van der Waals surface area contributed by atoms with Gasteiger partial charge in [-0.25, -0.2) is 0 Å². The SMILES string of the molecule is FC(F)(F)c1ccc(Oc2ccc(-c3noc(-c4ccc(Br)cc4)n3)cc2)cc1. The van der Waals surface area contributed by atoms with Crippen LogP contribution < -0.4 is 4.74 Å². The molecule has 8 heteroatoms. The Morgan fingerprint density at radius 2 is 1.31 bits per heavy atom. The minimum atomic E-state index is -4.38. The molecule has 0 unspecified atom stereocenters. The molecule has 4 nitrogen and oxygen atoms in total. The van der Waals surface area contributed by atoms with Crippen molar-refractivity contribution in [2.45, 2.75) is 6.18 Å². The summed E-state index contributed by atoms with van der Waals surface area (Å²) in [6.07, 6.45) is -4.38. The molecule has 0 spiro atoms. The van der Waals surface area contributed by atoms with Gasteiger partial charge in [-0.2, -0.15) is 18.2 Å². The molecule has 0 saturated heterocycles. The summed E-state index contributed by atoms with van der Waals surface area (Å²) >= 11 is 3.37. The van der Waals surface area contributed by atoms with Crippen molar-refractivity contribution in [3.8, 4) is 34.3 Å². The van der Waals surface area contributed by atoms with Crippen LogP contribution in [0.5, 0.6) is 11.5 Å². The molecule has 146 valence electrons. The van der Waals surface area contributed by atoms with Crippen molar-refractivity contribution >= 4 is 15.9 Å². The van der Waals surface area contributed by atoms with Gasteiger partial charge in [-0.1, -0.05) is 21.1 Å². The Bertz CT molecular complexity index is 1110. The highest BCUT2D eigenvalue weighted by atomic mass is 79.9. The zero-order valence-electron chi connectivity index (χ0n) is 14.7. The van der Waals surface area contributed by atoms with E-state index in [9.17, 15) is 13.2 Å². The van der Waals surface area contributed by atoms with Crippen molar-refractivity contribution in [2.75, 3.05) is 0 Å². The Hall–Kier alpha value is -3.13. The number of aromatic nitrogens is 2. The topological polar surface area (TPSA) is 48.2 Å². The van der Waals surface area contributed by atoms with Gasteiger partial charge in [0.05, 0.1) is 5.56 Å². The van der Waals surface area contributed by atoms with E-state index in [1.54, 1.807) is 24.3 Å². The lowest BCUT2D eigenvalue weighted by molar-refractivity contribution is -0.137. The highest BCUT2D eigenvalue weighted by molar-refractivity contribution is 9.10. The highest BCUT2D eigenvalue weighted by Gasteiger charge is 2.30. The van der Waals surface area contributed by atoms with Crippen molar-refractivity contribution in [2.24, 2.45) is 0 Å².